The Balaban J connectivity index is 1.85. The summed E-state index contributed by atoms with van der Waals surface area (Å²) in [4.78, 5) is 12.1. The Bertz CT molecular complexity index is 1110. The summed E-state index contributed by atoms with van der Waals surface area (Å²) >= 11 is 5.12. The maximum Gasteiger partial charge on any atom is 0.321 e. The van der Waals surface area contributed by atoms with Crippen molar-refractivity contribution < 1.29 is 13.2 Å². The number of hydrogen-bond donors (Lipinski definition) is 2. The maximum absolute atomic E-state index is 12.9. The lowest BCUT2D eigenvalue weighted by molar-refractivity contribution is 0.377. The smallest absolute Gasteiger partial charge is 0.321 e. The number of aryl methyl sites for hydroxylation is 1. The summed E-state index contributed by atoms with van der Waals surface area (Å²) in [6.45, 7) is 1.65. The maximum atomic E-state index is 12.9. The molecule has 2 N–H and O–H groups in total. The molecule has 2 aromatic carbocycles. The van der Waals surface area contributed by atoms with Gasteiger partial charge in [0.1, 0.15) is 5.82 Å². The molecule has 0 unspecified atom stereocenters. The topological polar surface area (TPSA) is 106 Å². The molecule has 0 aliphatic carbocycles. The molecule has 0 aliphatic rings. The number of nitrogens with zero attached hydrogens (tertiary/aromatic N) is 3. The van der Waals surface area contributed by atoms with Crippen LogP contribution in [0.15, 0.2) is 59.5 Å². The van der Waals surface area contributed by atoms with E-state index in [1.807, 2.05) is 30.3 Å². The van der Waals surface area contributed by atoms with Crippen LogP contribution in [0, 0.1) is 6.92 Å². The highest BCUT2D eigenvalue weighted by Gasteiger charge is 2.20. The summed E-state index contributed by atoms with van der Waals surface area (Å²) in [7, 11) is -2.52. The summed E-state index contributed by atoms with van der Waals surface area (Å²) in [5.74, 6) is 0.475. The fourth-order valence-electron chi connectivity index (χ4n) is 2.47. The lowest BCUT2D eigenvalue weighted by atomic mass is 10.1. The van der Waals surface area contributed by atoms with Gasteiger partial charge in [0, 0.05) is 5.56 Å². The number of aromatic nitrogens is 3. The van der Waals surface area contributed by atoms with Gasteiger partial charge in [-0.2, -0.15) is 15.0 Å². The lowest BCUT2D eigenvalue weighted by Crippen LogP contribution is -2.35. The largest absolute Gasteiger partial charge is 0.467 e. The first-order valence-electron chi connectivity index (χ1n) is 8.14. The van der Waals surface area contributed by atoms with Gasteiger partial charge in [-0.05, 0) is 30.8 Å². The molecule has 144 valence electrons. The third kappa shape index (κ3) is 4.59. The molecule has 1 aromatic heterocycles. The summed E-state index contributed by atoms with van der Waals surface area (Å²) in [5.41, 5.74) is 1.34. The molecule has 0 spiro atoms. The molecule has 0 saturated heterocycles. The Morgan fingerprint density at radius 1 is 1.00 bits per heavy atom. The van der Waals surface area contributed by atoms with Crippen molar-refractivity contribution >= 4 is 33.3 Å². The van der Waals surface area contributed by atoms with Crippen LogP contribution in [-0.2, 0) is 10.0 Å². The predicted molar refractivity (Wildman–Crippen MR) is 110 cm³/mol. The number of sulfonamides is 1. The van der Waals surface area contributed by atoms with Gasteiger partial charge in [0.15, 0.2) is 5.11 Å². The number of methoxy groups -OCH3 is 1. The van der Waals surface area contributed by atoms with E-state index in [0.29, 0.717) is 11.4 Å². The summed E-state index contributed by atoms with van der Waals surface area (Å²) in [6, 6.07) is 16.0. The molecular weight excluding hydrogens is 398 g/mol. The van der Waals surface area contributed by atoms with Crippen molar-refractivity contribution in [2.24, 2.45) is 0 Å². The highest BCUT2D eigenvalue weighted by Crippen LogP contribution is 2.26. The summed E-state index contributed by atoms with van der Waals surface area (Å²) in [5, 5.41) is 2.47. The van der Waals surface area contributed by atoms with Crippen LogP contribution in [0.4, 0.5) is 5.95 Å². The lowest BCUT2D eigenvalue weighted by Gasteiger charge is -2.13. The number of thiocarbonyl (C=S) groups is 1. The molecule has 0 bridgehead atoms. The average Bonchev–Trinajstić information content (AvgIpc) is 2.67. The highest BCUT2D eigenvalue weighted by molar-refractivity contribution is 7.92. The van der Waals surface area contributed by atoms with E-state index in [1.165, 1.54) is 13.2 Å². The van der Waals surface area contributed by atoms with Gasteiger partial charge in [0.25, 0.3) is 10.0 Å². The van der Waals surface area contributed by atoms with Gasteiger partial charge in [-0.25, -0.2) is 8.42 Å². The monoisotopic (exact) mass is 415 g/mol. The molecule has 0 fully saturated rings. The van der Waals surface area contributed by atoms with Gasteiger partial charge >= 0.3 is 6.01 Å². The third-order valence-corrected chi connectivity index (χ3v) is 5.36. The van der Waals surface area contributed by atoms with Crippen LogP contribution in [0.2, 0.25) is 0 Å². The van der Waals surface area contributed by atoms with Crippen molar-refractivity contribution in [2.75, 3.05) is 12.4 Å². The van der Waals surface area contributed by atoms with Crippen LogP contribution in [0.1, 0.15) is 5.82 Å². The van der Waals surface area contributed by atoms with E-state index in [-0.39, 0.29) is 22.0 Å². The molecule has 10 heteroatoms. The predicted octanol–water partition coefficient (Wildman–Crippen LogP) is 2.53. The molecule has 0 aliphatic heterocycles. The SMILES string of the molecule is COc1nc(C)nc(NC(=S)NS(=O)(=O)c2ccccc2-c2ccccc2)n1. The molecule has 0 amide bonds. The molecule has 0 radical (unpaired) electrons. The zero-order valence-electron chi connectivity index (χ0n) is 15.1. The van der Waals surface area contributed by atoms with E-state index in [4.69, 9.17) is 17.0 Å². The van der Waals surface area contributed by atoms with E-state index in [0.717, 1.165) is 5.56 Å². The van der Waals surface area contributed by atoms with Crippen molar-refractivity contribution in [1.82, 2.24) is 19.7 Å². The molecule has 8 nitrogen and oxygen atoms in total. The van der Waals surface area contributed by atoms with Gasteiger partial charge in [0.05, 0.1) is 12.0 Å². The van der Waals surface area contributed by atoms with Crippen molar-refractivity contribution in [3.05, 3.63) is 60.4 Å². The van der Waals surface area contributed by atoms with Gasteiger partial charge in [-0.3, -0.25) is 4.72 Å². The Morgan fingerprint density at radius 2 is 1.68 bits per heavy atom. The van der Waals surface area contributed by atoms with E-state index < -0.39 is 10.0 Å². The van der Waals surface area contributed by atoms with Crippen LogP contribution in [0.3, 0.4) is 0 Å². The Morgan fingerprint density at radius 3 is 2.39 bits per heavy atom. The Kier molecular flexibility index (Phi) is 5.81. The summed E-state index contributed by atoms with van der Waals surface area (Å²) in [6.07, 6.45) is 0. The zero-order valence-corrected chi connectivity index (χ0v) is 16.7. The second-order valence-electron chi connectivity index (χ2n) is 5.61. The molecular formula is C18H17N5O3S2. The van der Waals surface area contributed by atoms with Crippen LogP contribution >= 0.6 is 12.2 Å². The molecule has 3 rings (SSSR count). The Labute approximate surface area is 168 Å². The number of rotatable bonds is 5. The molecule has 1 heterocycles. The normalized spacial score (nSPS) is 10.9. The number of hydrogen-bond acceptors (Lipinski definition) is 7. The average molecular weight is 416 g/mol. The standard InChI is InChI=1S/C18H17N5O3S2/c1-12-19-16(21-17(20-12)26-2)22-18(27)23-28(24,25)15-11-7-6-10-14(15)13-8-4-3-5-9-13/h3-11H,1-2H3,(H2,19,20,21,22,23,27). The highest BCUT2D eigenvalue weighted by atomic mass is 32.2. The third-order valence-electron chi connectivity index (χ3n) is 3.62. The summed E-state index contributed by atoms with van der Waals surface area (Å²) < 4.78 is 33.1. The van der Waals surface area contributed by atoms with E-state index >= 15 is 0 Å². The van der Waals surface area contributed by atoms with Crippen molar-refractivity contribution in [3.63, 3.8) is 0 Å². The minimum Gasteiger partial charge on any atom is -0.467 e. The molecule has 0 atom stereocenters. The second-order valence-corrected chi connectivity index (χ2v) is 7.67. The molecule has 28 heavy (non-hydrogen) atoms. The Hall–Kier alpha value is -3.11. The van der Waals surface area contributed by atoms with Crippen molar-refractivity contribution in [1.29, 1.82) is 0 Å². The number of anilines is 1. The van der Waals surface area contributed by atoms with Gasteiger partial charge in [-0.1, -0.05) is 48.5 Å². The van der Waals surface area contributed by atoms with Crippen LogP contribution in [-0.4, -0.2) is 35.6 Å². The van der Waals surface area contributed by atoms with Crippen molar-refractivity contribution in [3.8, 4) is 17.1 Å². The van der Waals surface area contributed by atoms with E-state index in [1.54, 1.807) is 25.1 Å². The van der Waals surface area contributed by atoms with E-state index in [9.17, 15) is 8.42 Å². The number of benzene rings is 2. The first-order valence-corrected chi connectivity index (χ1v) is 10.0. The van der Waals surface area contributed by atoms with Gasteiger partial charge < -0.3 is 10.1 Å². The zero-order chi connectivity index (χ0) is 20.1. The van der Waals surface area contributed by atoms with Gasteiger partial charge in [0.2, 0.25) is 5.95 Å². The van der Waals surface area contributed by atoms with Crippen LogP contribution in [0.25, 0.3) is 11.1 Å². The van der Waals surface area contributed by atoms with Crippen molar-refractivity contribution in [2.45, 2.75) is 11.8 Å². The fraction of sp³-hybridized carbons (Fsp3) is 0.111. The van der Waals surface area contributed by atoms with E-state index in [2.05, 4.69) is 25.0 Å². The number of ether oxygens (including phenoxy) is 1. The molecule has 3 aromatic rings. The van der Waals surface area contributed by atoms with Crippen LogP contribution in [0.5, 0.6) is 6.01 Å². The quantitative estimate of drug-likeness (QED) is 0.613. The minimum absolute atomic E-state index is 0.0772. The first kappa shape index (κ1) is 19.6. The van der Waals surface area contributed by atoms with Crippen LogP contribution < -0.4 is 14.8 Å². The molecule has 0 saturated carbocycles. The number of nitrogens with one attached hydrogen (secondary N) is 2. The van der Waals surface area contributed by atoms with Gasteiger partial charge in [-0.15, -0.1) is 0 Å². The first-order chi connectivity index (χ1) is 13.4. The fourth-order valence-corrected chi connectivity index (χ4v) is 4.02. The second kappa shape index (κ2) is 8.28. The minimum atomic E-state index is -3.94.